The van der Waals surface area contributed by atoms with Gasteiger partial charge in [0.05, 0.1) is 17.1 Å². The first-order valence-electron chi connectivity index (χ1n) is 11.4. The zero-order chi connectivity index (χ0) is 24.5. The molecule has 0 fully saturated rings. The Bertz CT molecular complexity index is 885. The van der Waals surface area contributed by atoms with Gasteiger partial charge in [-0.2, -0.15) is 8.42 Å². The lowest BCUT2D eigenvalue weighted by Gasteiger charge is -2.47. The summed E-state index contributed by atoms with van der Waals surface area (Å²) in [5, 5.41) is 21.8. The molecule has 0 bridgehead atoms. The third-order valence-corrected chi connectivity index (χ3v) is 14.2. The second-order valence-electron chi connectivity index (χ2n) is 10.1. The molecule has 8 heteroatoms. The predicted octanol–water partition coefficient (Wildman–Crippen LogP) is 4.70. The Kier molecular flexibility index (Phi) is 8.56. The van der Waals surface area contributed by atoms with Gasteiger partial charge in [0.25, 0.3) is 10.1 Å². The standard InChI is InChI=1S/C24H40O6SSi/c1-16(2)32(17(3)4,18(5)6)30-22-13-23(25)24(26,14-20(22)8)15-29-31(27,28)21-11-9-19(7)10-12-21/h9-12,14,16-18,22-23,25-26H,13,15H2,1-8H3/t22-,23-,24+/m1/s1. The zero-order valence-corrected chi connectivity index (χ0v) is 22.4. The lowest BCUT2D eigenvalue weighted by Crippen LogP contribution is -2.55. The molecule has 6 nitrogen and oxygen atoms in total. The van der Waals surface area contributed by atoms with Crippen molar-refractivity contribution in [1.82, 2.24) is 0 Å². The first-order valence-corrected chi connectivity index (χ1v) is 14.9. The Labute approximate surface area is 194 Å². The molecule has 182 valence electrons. The molecule has 2 N–H and O–H groups in total. The summed E-state index contributed by atoms with van der Waals surface area (Å²) < 4.78 is 37.0. The Morgan fingerprint density at radius 2 is 1.53 bits per heavy atom. The van der Waals surface area contributed by atoms with E-state index in [-0.39, 0.29) is 17.4 Å². The lowest BCUT2D eigenvalue weighted by atomic mass is 9.83. The molecule has 1 aliphatic rings. The SMILES string of the molecule is CC1=C[C@](O)(COS(=O)(=O)c2ccc(C)cc2)[C@H](O)C[C@H]1O[Si](C(C)C)(C(C)C)C(C)C. The summed E-state index contributed by atoms with van der Waals surface area (Å²) in [4.78, 5) is 0.0143. The third-order valence-electron chi connectivity index (χ3n) is 6.81. The van der Waals surface area contributed by atoms with Gasteiger partial charge in [-0.1, -0.05) is 59.2 Å². The Balaban J connectivity index is 2.24. The van der Waals surface area contributed by atoms with Crippen molar-refractivity contribution >= 4 is 18.4 Å². The third kappa shape index (κ3) is 5.54. The summed E-state index contributed by atoms with van der Waals surface area (Å²) in [7, 11) is -6.25. The predicted molar refractivity (Wildman–Crippen MR) is 130 cm³/mol. The summed E-state index contributed by atoms with van der Waals surface area (Å²) >= 11 is 0. The number of hydrogen-bond acceptors (Lipinski definition) is 6. The molecule has 1 aromatic carbocycles. The zero-order valence-electron chi connectivity index (χ0n) is 20.6. The van der Waals surface area contributed by atoms with Gasteiger partial charge in [0.2, 0.25) is 8.32 Å². The first kappa shape index (κ1) is 27.2. The van der Waals surface area contributed by atoms with Crippen molar-refractivity contribution in [2.45, 2.75) is 101 Å². The maximum atomic E-state index is 12.5. The molecule has 0 radical (unpaired) electrons. The number of rotatable bonds is 9. The number of aliphatic hydroxyl groups excluding tert-OH is 1. The van der Waals surface area contributed by atoms with Crippen molar-refractivity contribution in [2.75, 3.05) is 6.61 Å². The quantitative estimate of drug-likeness (QED) is 0.300. The lowest BCUT2D eigenvalue weighted by molar-refractivity contribution is -0.0854. The van der Waals surface area contributed by atoms with Crippen LogP contribution in [0.4, 0.5) is 0 Å². The molecule has 0 heterocycles. The number of aryl methyl sites for hydroxylation is 1. The molecule has 0 aromatic heterocycles. The highest BCUT2D eigenvalue weighted by atomic mass is 32.2. The summed E-state index contributed by atoms with van der Waals surface area (Å²) in [5.74, 6) is 0. The number of aliphatic hydroxyl groups is 2. The van der Waals surface area contributed by atoms with Crippen LogP contribution in [0, 0.1) is 6.92 Å². The van der Waals surface area contributed by atoms with E-state index < -0.39 is 36.7 Å². The maximum absolute atomic E-state index is 12.5. The molecule has 0 unspecified atom stereocenters. The Hall–Kier alpha value is -1.03. The topological polar surface area (TPSA) is 93.1 Å². The largest absolute Gasteiger partial charge is 0.409 e. The first-order chi connectivity index (χ1) is 14.7. The van der Waals surface area contributed by atoms with E-state index in [1.165, 1.54) is 18.2 Å². The van der Waals surface area contributed by atoms with Crippen LogP contribution in [-0.2, 0) is 18.7 Å². The van der Waals surface area contributed by atoms with Crippen LogP contribution in [0.3, 0.4) is 0 Å². The molecule has 2 rings (SSSR count). The molecule has 0 spiro atoms. The van der Waals surface area contributed by atoms with Gasteiger partial charge in [0.1, 0.15) is 12.2 Å². The van der Waals surface area contributed by atoms with E-state index >= 15 is 0 Å². The molecular formula is C24H40O6SSi. The number of benzene rings is 1. The van der Waals surface area contributed by atoms with Crippen molar-refractivity contribution in [3.8, 4) is 0 Å². The maximum Gasteiger partial charge on any atom is 0.297 e. The van der Waals surface area contributed by atoms with Crippen LogP contribution >= 0.6 is 0 Å². The van der Waals surface area contributed by atoms with E-state index in [1.54, 1.807) is 12.1 Å². The van der Waals surface area contributed by atoms with Crippen molar-refractivity contribution in [1.29, 1.82) is 0 Å². The summed E-state index contributed by atoms with van der Waals surface area (Å²) in [5.41, 5.74) is 1.06. The molecular weight excluding hydrogens is 444 g/mol. The number of hydrogen-bond donors (Lipinski definition) is 2. The summed E-state index contributed by atoms with van der Waals surface area (Å²) in [6.45, 7) is 16.4. The second-order valence-corrected chi connectivity index (χ2v) is 17.1. The fraction of sp³-hybridized carbons (Fsp3) is 0.667. The fourth-order valence-electron chi connectivity index (χ4n) is 5.05. The van der Waals surface area contributed by atoms with Crippen LogP contribution in [0.15, 0.2) is 40.8 Å². The van der Waals surface area contributed by atoms with Gasteiger partial charge in [0, 0.05) is 6.42 Å². The van der Waals surface area contributed by atoms with Gasteiger partial charge in [0.15, 0.2) is 0 Å². The van der Waals surface area contributed by atoms with Gasteiger partial charge < -0.3 is 14.6 Å². The molecule has 1 aliphatic carbocycles. The summed E-state index contributed by atoms with van der Waals surface area (Å²) in [6.07, 6.45) is 0.171. The van der Waals surface area contributed by atoms with Gasteiger partial charge in [-0.3, -0.25) is 4.18 Å². The highest BCUT2D eigenvalue weighted by molar-refractivity contribution is 7.86. The van der Waals surface area contributed by atoms with Gasteiger partial charge in [-0.05, 0) is 54.3 Å². The Morgan fingerprint density at radius 1 is 1.03 bits per heavy atom. The minimum Gasteiger partial charge on any atom is -0.409 e. The monoisotopic (exact) mass is 484 g/mol. The van der Waals surface area contributed by atoms with Crippen molar-refractivity contribution in [3.05, 3.63) is 41.5 Å². The highest BCUT2D eigenvalue weighted by Gasteiger charge is 2.49. The smallest absolute Gasteiger partial charge is 0.297 e. The van der Waals surface area contributed by atoms with E-state index in [1.807, 2.05) is 13.8 Å². The van der Waals surface area contributed by atoms with Crippen LogP contribution in [0.25, 0.3) is 0 Å². The molecule has 0 saturated heterocycles. The van der Waals surface area contributed by atoms with Crippen molar-refractivity contribution in [2.24, 2.45) is 0 Å². The second kappa shape index (κ2) is 10.1. The van der Waals surface area contributed by atoms with E-state index in [4.69, 9.17) is 8.61 Å². The molecule has 0 aliphatic heterocycles. The van der Waals surface area contributed by atoms with Crippen LogP contribution in [0.2, 0.25) is 16.6 Å². The van der Waals surface area contributed by atoms with Crippen molar-refractivity contribution in [3.63, 3.8) is 0 Å². The normalized spacial score (nSPS) is 25.0. The van der Waals surface area contributed by atoms with Gasteiger partial charge >= 0.3 is 0 Å². The minimum absolute atomic E-state index is 0.0143. The van der Waals surface area contributed by atoms with E-state index in [2.05, 4.69) is 41.5 Å². The van der Waals surface area contributed by atoms with Crippen molar-refractivity contribution < 1.29 is 27.2 Å². The van der Waals surface area contributed by atoms with Crippen LogP contribution < -0.4 is 0 Å². The molecule has 3 atom stereocenters. The fourth-order valence-corrected chi connectivity index (χ4v) is 11.6. The van der Waals surface area contributed by atoms with Crippen LogP contribution in [0.1, 0.15) is 60.5 Å². The molecule has 0 saturated carbocycles. The van der Waals surface area contributed by atoms with Gasteiger partial charge in [-0.25, -0.2) is 0 Å². The van der Waals surface area contributed by atoms with E-state index in [0.29, 0.717) is 16.6 Å². The van der Waals surface area contributed by atoms with E-state index in [0.717, 1.165) is 11.1 Å². The van der Waals surface area contributed by atoms with E-state index in [9.17, 15) is 18.6 Å². The average molecular weight is 485 g/mol. The summed E-state index contributed by atoms with van der Waals surface area (Å²) in [6, 6.07) is 6.29. The van der Waals surface area contributed by atoms with Crippen LogP contribution in [-0.4, -0.2) is 51.4 Å². The molecule has 0 amide bonds. The van der Waals surface area contributed by atoms with Crippen LogP contribution in [0.5, 0.6) is 0 Å². The Morgan fingerprint density at radius 3 is 2.00 bits per heavy atom. The van der Waals surface area contributed by atoms with Gasteiger partial charge in [-0.15, -0.1) is 0 Å². The molecule has 1 aromatic rings. The minimum atomic E-state index is -4.06. The highest BCUT2D eigenvalue weighted by Crippen LogP contribution is 2.45. The molecule has 32 heavy (non-hydrogen) atoms. The average Bonchev–Trinajstić information content (AvgIpc) is 2.68.